The van der Waals surface area contributed by atoms with E-state index in [1.807, 2.05) is 0 Å². The molecule has 15 heteroatoms. The zero-order valence-electron chi connectivity index (χ0n) is 21.9. The number of benzene rings is 2. The lowest BCUT2D eigenvalue weighted by atomic mass is 9.85. The lowest BCUT2D eigenvalue weighted by Crippen LogP contribution is -2.53. The van der Waals surface area contributed by atoms with E-state index in [1.54, 1.807) is 0 Å². The van der Waals surface area contributed by atoms with Crippen molar-refractivity contribution in [1.82, 2.24) is 15.0 Å². The summed E-state index contributed by atoms with van der Waals surface area (Å²) >= 11 is 0. The molecule has 230 valence electrons. The first kappa shape index (κ1) is 30.8. The first-order chi connectivity index (χ1) is 19.9. The van der Waals surface area contributed by atoms with E-state index in [4.69, 9.17) is 4.74 Å². The Kier molecular flexibility index (Phi) is 8.62. The van der Waals surface area contributed by atoms with Crippen molar-refractivity contribution >= 4 is 10.9 Å². The summed E-state index contributed by atoms with van der Waals surface area (Å²) < 4.78 is 89.9. The van der Waals surface area contributed by atoms with E-state index in [0.29, 0.717) is 12.1 Å². The molecule has 6 atom stereocenters. The lowest BCUT2D eigenvalue weighted by molar-refractivity contribution is -0.139. The second-order valence-corrected chi connectivity index (χ2v) is 13.1. The lowest BCUT2D eigenvalue weighted by Gasteiger charge is -2.53. The number of rotatable bonds is 6. The third-order valence-electron chi connectivity index (χ3n) is 8.00. The molecule has 8 nitrogen and oxygen atoms in total. The van der Waals surface area contributed by atoms with Gasteiger partial charge in [-0.05, 0) is 23.8 Å². The zero-order chi connectivity index (χ0) is 30.4. The number of aromatic nitrogens is 3. The number of aliphatic hydroxyl groups is 4. The van der Waals surface area contributed by atoms with Crippen LogP contribution < -0.4 is 0 Å². The van der Waals surface area contributed by atoms with E-state index < -0.39 is 81.0 Å². The molecule has 0 aliphatic carbocycles. The normalized spacial score (nSPS) is 28.0. The van der Waals surface area contributed by atoms with Gasteiger partial charge in [-0.1, -0.05) is 23.4 Å². The molecule has 0 saturated carbocycles. The van der Waals surface area contributed by atoms with Gasteiger partial charge in [0.15, 0.2) is 17.5 Å². The van der Waals surface area contributed by atoms with Crippen LogP contribution in [0.3, 0.4) is 0 Å². The summed E-state index contributed by atoms with van der Waals surface area (Å²) in [6, 6.07) is 4.98. The highest BCUT2D eigenvalue weighted by Gasteiger charge is 2.53. The summed E-state index contributed by atoms with van der Waals surface area (Å²) in [5.41, 5.74) is -3.10. The molecule has 1 aromatic heterocycles. The fourth-order valence-electron chi connectivity index (χ4n) is 5.98. The predicted molar refractivity (Wildman–Crippen MR) is 140 cm³/mol. The van der Waals surface area contributed by atoms with Gasteiger partial charge in [-0.15, -0.1) is 5.10 Å². The Morgan fingerprint density at radius 2 is 1.71 bits per heavy atom. The van der Waals surface area contributed by atoms with Crippen molar-refractivity contribution in [3.63, 3.8) is 0 Å². The molecule has 2 fully saturated rings. The molecule has 0 spiro atoms. The topological polar surface area (TPSA) is 121 Å². The largest absolute Gasteiger partial charge is 0.416 e. The molecule has 3 aromatic rings. The number of alkyl halides is 3. The van der Waals surface area contributed by atoms with Gasteiger partial charge in [0.05, 0.1) is 36.2 Å². The average molecular weight is 622 g/mol. The van der Waals surface area contributed by atoms with Crippen LogP contribution in [0.5, 0.6) is 0 Å². The van der Waals surface area contributed by atoms with Crippen LogP contribution in [0.2, 0.25) is 0 Å². The summed E-state index contributed by atoms with van der Waals surface area (Å²) in [6.07, 6.45) is -6.55. The van der Waals surface area contributed by atoms with E-state index in [9.17, 15) is 46.8 Å². The van der Waals surface area contributed by atoms with Crippen LogP contribution in [0.15, 0.2) is 42.6 Å². The van der Waals surface area contributed by atoms with E-state index in [-0.39, 0.29) is 48.6 Å². The van der Waals surface area contributed by atoms with Gasteiger partial charge in [-0.25, -0.2) is 28.7 Å². The van der Waals surface area contributed by atoms with Gasteiger partial charge in [-0.2, -0.15) is 13.2 Å². The Balaban J connectivity index is 1.53. The smallest absolute Gasteiger partial charge is 0.395 e. The van der Waals surface area contributed by atoms with E-state index in [0.717, 1.165) is 10.7 Å². The number of nitrogens with zero attached hydrogens (tertiary/aromatic N) is 3. The van der Waals surface area contributed by atoms with Crippen LogP contribution in [0.25, 0.3) is 11.3 Å². The van der Waals surface area contributed by atoms with Crippen molar-refractivity contribution in [1.29, 1.82) is 0 Å². The van der Waals surface area contributed by atoms with Crippen LogP contribution >= 0.6 is 10.9 Å². The van der Waals surface area contributed by atoms with Crippen LogP contribution in [0, 0.1) is 17.5 Å². The highest BCUT2D eigenvalue weighted by Crippen LogP contribution is 2.60. The Bertz CT molecular complexity index is 1400. The maximum atomic E-state index is 14.2. The van der Waals surface area contributed by atoms with E-state index in [1.165, 1.54) is 24.4 Å². The van der Waals surface area contributed by atoms with Crippen LogP contribution in [0.1, 0.15) is 35.3 Å². The third kappa shape index (κ3) is 5.65. The highest BCUT2D eigenvalue weighted by molar-refractivity contribution is 8.18. The van der Waals surface area contributed by atoms with Gasteiger partial charge in [-0.3, -0.25) is 0 Å². The summed E-state index contributed by atoms with van der Waals surface area (Å²) in [7, 11) is -1.91. The van der Waals surface area contributed by atoms with Gasteiger partial charge >= 0.3 is 6.18 Å². The molecule has 5 rings (SSSR count). The maximum absolute atomic E-state index is 14.2. The zero-order valence-corrected chi connectivity index (χ0v) is 22.8. The van der Waals surface area contributed by atoms with Crippen molar-refractivity contribution in [2.24, 2.45) is 0 Å². The summed E-state index contributed by atoms with van der Waals surface area (Å²) in [6.45, 7) is -0.494. The van der Waals surface area contributed by atoms with Crippen LogP contribution in [-0.2, 0) is 10.9 Å². The first-order valence-electron chi connectivity index (χ1n) is 13.1. The molecule has 4 N–H and O–H groups in total. The molecule has 0 bridgehead atoms. The standard InChI is InChI=1S/C27H29F6N3O5S/c28-17-9-14(10-18(29)22(17)30)19-11-36(35-34-19)23-20(38)13-42(21(12-37)24(23)39)25(26(40)5-7-41-8-6-26)15-3-1-2-4-16(15)27(31,32)33/h1-4,9-11,20-21,23-25,37-40,42H,5-8,12-13H2/t20-,21+,23-,24-,25?/m0/s1. The molecule has 2 unspecified atom stereocenters. The molecule has 42 heavy (non-hydrogen) atoms. The second kappa shape index (κ2) is 11.8. The molecule has 2 aliphatic heterocycles. The Hall–Kier alpha value is -2.69. The summed E-state index contributed by atoms with van der Waals surface area (Å²) in [5, 5.41) is 50.4. The number of aliphatic hydroxyl groups excluding tert-OH is 3. The summed E-state index contributed by atoms with van der Waals surface area (Å²) in [5.74, 6) is -4.77. The first-order valence-corrected chi connectivity index (χ1v) is 14.8. The fraction of sp³-hybridized carbons (Fsp3) is 0.481. The van der Waals surface area contributed by atoms with Crippen LogP contribution in [0.4, 0.5) is 26.3 Å². The minimum absolute atomic E-state index is 0.00762. The van der Waals surface area contributed by atoms with E-state index >= 15 is 0 Å². The number of hydrogen-bond acceptors (Lipinski definition) is 7. The molecule has 3 heterocycles. The molecule has 0 radical (unpaired) electrons. The predicted octanol–water partition coefficient (Wildman–Crippen LogP) is 3.30. The number of hydrogen-bond donors (Lipinski definition) is 5. The van der Waals surface area contributed by atoms with Gasteiger partial charge in [0.25, 0.3) is 0 Å². The molecular formula is C27H29F6N3O5S. The van der Waals surface area contributed by atoms with Gasteiger partial charge in [0.2, 0.25) is 0 Å². The minimum atomic E-state index is -4.76. The fourth-order valence-corrected chi connectivity index (χ4v) is 9.73. The van der Waals surface area contributed by atoms with Gasteiger partial charge in [0, 0.05) is 47.9 Å². The van der Waals surface area contributed by atoms with Crippen molar-refractivity contribution in [3.8, 4) is 11.3 Å². The average Bonchev–Trinajstić information content (AvgIpc) is 3.41. The second-order valence-electron chi connectivity index (χ2n) is 10.5. The van der Waals surface area contributed by atoms with Crippen LogP contribution in [-0.4, -0.2) is 84.1 Å². The van der Waals surface area contributed by atoms with Crippen molar-refractivity contribution in [3.05, 3.63) is 71.2 Å². The Morgan fingerprint density at radius 3 is 2.33 bits per heavy atom. The van der Waals surface area contributed by atoms with Crippen molar-refractivity contribution in [2.45, 2.75) is 53.4 Å². The van der Waals surface area contributed by atoms with Crippen molar-refractivity contribution in [2.75, 3.05) is 25.6 Å². The molecule has 0 amide bonds. The highest BCUT2D eigenvalue weighted by atomic mass is 32.2. The minimum Gasteiger partial charge on any atom is -0.395 e. The van der Waals surface area contributed by atoms with Crippen molar-refractivity contribution < 1.29 is 51.5 Å². The third-order valence-corrected chi connectivity index (χ3v) is 11.5. The number of thiol groups is 1. The maximum Gasteiger partial charge on any atom is 0.416 e. The Morgan fingerprint density at radius 1 is 1.07 bits per heavy atom. The van der Waals surface area contributed by atoms with E-state index in [2.05, 4.69) is 10.3 Å². The molecule has 2 saturated heterocycles. The van der Waals surface area contributed by atoms with Gasteiger partial charge in [0.1, 0.15) is 11.7 Å². The molecule has 2 aliphatic rings. The monoisotopic (exact) mass is 621 g/mol. The summed E-state index contributed by atoms with van der Waals surface area (Å²) in [4.78, 5) is 0. The SMILES string of the molecule is OC[C@@H]1[C@H](O)[C@@H](n2cc(-c3cc(F)c(F)c(F)c3)nn2)[C@@H](O)C[SH]1C(c1ccccc1C(F)(F)F)C1(O)CCOCC1. The quantitative estimate of drug-likeness (QED) is 0.163. The molecule has 2 aromatic carbocycles. The Labute approximate surface area is 238 Å². The molecular weight excluding hydrogens is 592 g/mol. The van der Waals surface area contributed by atoms with Gasteiger partial charge < -0.3 is 25.2 Å². The number of ether oxygens (including phenoxy) is 1. The number of halogens is 6.